The SMILES string of the molecule is O=C(NCCCCCCCl)c1cccc(Cl)c1. The second-order valence-electron chi connectivity index (χ2n) is 3.87. The molecule has 0 unspecified atom stereocenters. The van der Waals surface area contributed by atoms with Gasteiger partial charge in [0.25, 0.3) is 5.91 Å². The minimum absolute atomic E-state index is 0.0650. The van der Waals surface area contributed by atoms with E-state index in [4.69, 9.17) is 23.2 Å². The third-order valence-corrected chi connectivity index (χ3v) is 2.94. The minimum Gasteiger partial charge on any atom is -0.352 e. The Morgan fingerprint density at radius 3 is 2.65 bits per heavy atom. The Morgan fingerprint density at radius 2 is 1.94 bits per heavy atom. The van der Waals surface area contributed by atoms with Gasteiger partial charge in [-0.3, -0.25) is 4.79 Å². The van der Waals surface area contributed by atoms with E-state index in [-0.39, 0.29) is 5.91 Å². The van der Waals surface area contributed by atoms with Crippen LogP contribution < -0.4 is 5.32 Å². The van der Waals surface area contributed by atoms with E-state index in [0.29, 0.717) is 17.1 Å². The molecule has 17 heavy (non-hydrogen) atoms. The molecule has 1 rings (SSSR count). The van der Waals surface area contributed by atoms with Crippen LogP contribution in [0.2, 0.25) is 5.02 Å². The number of unbranched alkanes of at least 4 members (excludes halogenated alkanes) is 3. The number of rotatable bonds is 7. The molecule has 0 aromatic heterocycles. The van der Waals surface area contributed by atoms with Crippen molar-refractivity contribution in [3.8, 4) is 0 Å². The Labute approximate surface area is 112 Å². The number of amides is 1. The molecule has 0 aliphatic carbocycles. The highest BCUT2D eigenvalue weighted by atomic mass is 35.5. The number of nitrogens with one attached hydrogen (secondary N) is 1. The smallest absolute Gasteiger partial charge is 0.251 e. The Balaban J connectivity index is 2.21. The van der Waals surface area contributed by atoms with Crippen molar-refractivity contribution in [1.82, 2.24) is 5.32 Å². The van der Waals surface area contributed by atoms with Crippen molar-refractivity contribution >= 4 is 29.1 Å². The summed E-state index contributed by atoms with van der Waals surface area (Å²) in [5.41, 5.74) is 0.609. The van der Waals surface area contributed by atoms with E-state index in [1.165, 1.54) is 0 Å². The second kappa shape index (κ2) is 8.37. The average Bonchev–Trinajstić information content (AvgIpc) is 2.33. The summed E-state index contributed by atoms with van der Waals surface area (Å²) in [6.07, 6.45) is 4.26. The largest absolute Gasteiger partial charge is 0.352 e. The molecular weight excluding hydrogens is 257 g/mol. The van der Waals surface area contributed by atoms with Crippen molar-refractivity contribution in [2.75, 3.05) is 12.4 Å². The van der Waals surface area contributed by atoms with Gasteiger partial charge in [-0.25, -0.2) is 0 Å². The zero-order chi connectivity index (χ0) is 12.5. The topological polar surface area (TPSA) is 29.1 Å². The van der Waals surface area contributed by atoms with E-state index in [1.807, 2.05) is 0 Å². The quantitative estimate of drug-likeness (QED) is 0.593. The first-order chi connectivity index (χ1) is 8.24. The van der Waals surface area contributed by atoms with Crippen LogP contribution in [0, 0.1) is 0 Å². The molecule has 1 N–H and O–H groups in total. The van der Waals surface area contributed by atoms with Gasteiger partial charge in [0, 0.05) is 23.0 Å². The summed E-state index contributed by atoms with van der Waals surface area (Å²) in [4.78, 5) is 11.7. The van der Waals surface area contributed by atoms with E-state index >= 15 is 0 Å². The summed E-state index contributed by atoms with van der Waals surface area (Å²) in [5.74, 6) is 0.652. The molecular formula is C13H17Cl2NO. The number of hydrogen-bond acceptors (Lipinski definition) is 1. The standard InChI is InChI=1S/C13H17Cl2NO/c14-8-3-1-2-4-9-16-13(17)11-6-5-7-12(15)10-11/h5-7,10H,1-4,8-9H2,(H,16,17). The number of halogens is 2. The summed E-state index contributed by atoms with van der Waals surface area (Å²) in [6, 6.07) is 6.96. The highest BCUT2D eigenvalue weighted by molar-refractivity contribution is 6.30. The molecule has 0 atom stereocenters. The molecule has 0 radical (unpaired) electrons. The fourth-order valence-electron chi connectivity index (χ4n) is 1.51. The monoisotopic (exact) mass is 273 g/mol. The zero-order valence-corrected chi connectivity index (χ0v) is 11.2. The van der Waals surface area contributed by atoms with Crippen LogP contribution in [-0.4, -0.2) is 18.3 Å². The average molecular weight is 274 g/mol. The van der Waals surface area contributed by atoms with Crippen LogP contribution in [0.3, 0.4) is 0 Å². The van der Waals surface area contributed by atoms with Gasteiger partial charge in [-0.05, 0) is 31.0 Å². The van der Waals surface area contributed by atoms with E-state index in [9.17, 15) is 4.79 Å². The summed E-state index contributed by atoms with van der Waals surface area (Å²) >= 11 is 11.4. The molecule has 0 spiro atoms. The Hall–Kier alpha value is -0.730. The number of carbonyl (C=O) groups is 1. The first kappa shape index (κ1) is 14.3. The first-order valence-corrected chi connectivity index (χ1v) is 6.75. The van der Waals surface area contributed by atoms with Gasteiger partial charge in [0.15, 0.2) is 0 Å². The molecule has 94 valence electrons. The van der Waals surface area contributed by atoms with Crippen LogP contribution in [0.5, 0.6) is 0 Å². The number of hydrogen-bond donors (Lipinski definition) is 1. The Morgan fingerprint density at radius 1 is 1.18 bits per heavy atom. The molecule has 0 heterocycles. The van der Waals surface area contributed by atoms with E-state index < -0.39 is 0 Å². The lowest BCUT2D eigenvalue weighted by atomic mass is 10.2. The summed E-state index contributed by atoms with van der Waals surface area (Å²) < 4.78 is 0. The van der Waals surface area contributed by atoms with Crippen molar-refractivity contribution in [2.45, 2.75) is 25.7 Å². The molecule has 4 heteroatoms. The number of alkyl halides is 1. The lowest BCUT2D eigenvalue weighted by molar-refractivity contribution is 0.0953. The third kappa shape index (κ3) is 5.94. The fourth-order valence-corrected chi connectivity index (χ4v) is 1.89. The van der Waals surface area contributed by atoms with Crippen LogP contribution in [0.1, 0.15) is 36.0 Å². The van der Waals surface area contributed by atoms with Crippen molar-refractivity contribution in [1.29, 1.82) is 0 Å². The first-order valence-electron chi connectivity index (χ1n) is 5.84. The van der Waals surface area contributed by atoms with Crippen molar-refractivity contribution in [3.05, 3.63) is 34.9 Å². The Bertz CT molecular complexity index is 355. The fraction of sp³-hybridized carbons (Fsp3) is 0.462. The van der Waals surface area contributed by atoms with Gasteiger partial charge in [0.1, 0.15) is 0 Å². The molecule has 0 fully saturated rings. The van der Waals surface area contributed by atoms with Crippen LogP contribution in [0.15, 0.2) is 24.3 Å². The predicted octanol–water partition coefficient (Wildman–Crippen LogP) is 3.87. The molecule has 1 aromatic rings. The summed E-state index contributed by atoms with van der Waals surface area (Å²) in [5, 5.41) is 3.46. The molecule has 0 aliphatic heterocycles. The maximum Gasteiger partial charge on any atom is 0.251 e. The second-order valence-corrected chi connectivity index (χ2v) is 4.68. The van der Waals surface area contributed by atoms with Gasteiger partial charge in [-0.2, -0.15) is 0 Å². The molecule has 0 aliphatic rings. The van der Waals surface area contributed by atoms with Crippen LogP contribution in [-0.2, 0) is 0 Å². The van der Waals surface area contributed by atoms with Gasteiger partial charge in [0.2, 0.25) is 0 Å². The van der Waals surface area contributed by atoms with Gasteiger partial charge in [-0.1, -0.05) is 30.5 Å². The van der Waals surface area contributed by atoms with E-state index in [2.05, 4.69) is 5.32 Å². The number of carbonyl (C=O) groups excluding carboxylic acids is 1. The van der Waals surface area contributed by atoms with E-state index in [1.54, 1.807) is 24.3 Å². The zero-order valence-electron chi connectivity index (χ0n) is 9.72. The van der Waals surface area contributed by atoms with Crippen LogP contribution in [0.4, 0.5) is 0 Å². The van der Waals surface area contributed by atoms with Crippen LogP contribution in [0.25, 0.3) is 0 Å². The maximum absolute atomic E-state index is 11.7. The van der Waals surface area contributed by atoms with Crippen molar-refractivity contribution < 1.29 is 4.79 Å². The van der Waals surface area contributed by atoms with Crippen molar-refractivity contribution in [2.24, 2.45) is 0 Å². The summed E-state index contributed by atoms with van der Waals surface area (Å²) in [7, 11) is 0. The van der Waals surface area contributed by atoms with Crippen molar-refractivity contribution in [3.63, 3.8) is 0 Å². The lowest BCUT2D eigenvalue weighted by Gasteiger charge is -2.05. The van der Waals surface area contributed by atoms with Gasteiger partial charge < -0.3 is 5.32 Å². The maximum atomic E-state index is 11.7. The van der Waals surface area contributed by atoms with Crippen LogP contribution >= 0.6 is 23.2 Å². The molecule has 0 saturated carbocycles. The minimum atomic E-state index is -0.0650. The van der Waals surface area contributed by atoms with Gasteiger partial charge in [-0.15, -0.1) is 11.6 Å². The molecule has 1 aromatic carbocycles. The highest BCUT2D eigenvalue weighted by Gasteiger charge is 2.04. The molecule has 2 nitrogen and oxygen atoms in total. The predicted molar refractivity (Wildman–Crippen MR) is 73.0 cm³/mol. The van der Waals surface area contributed by atoms with E-state index in [0.717, 1.165) is 31.6 Å². The molecule has 0 saturated heterocycles. The third-order valence-electron chi connectivity index (χ3n) is 2.43. The molecule has 1 amide bonds. The van der Waals surface area contributed by atoms with Gasteiger partial charge >= 0.3 is 0 Å². The highest BCUT2D eigenvalue weighted by Crippen LogP contribution is 2.10. The summed E-state index contributed by atoms with van der Waals surface area (Å²) in [6.45, 7) is 0.702. The Kier molecular flexibility index (Phi) is 7.06. The lowest BCUT2D eigenvalue weighted by Crippen LogP contribution is -2.24. The number of benzene rings is 1. The normalized spacial score (nSPS) is 10.2. The van der Waals surface area contributed by atoms with Gasteiger partial charge in [0.05, 0.1) is 0 Å². The molecule has 0 bridgehead atoms.